The van der Waals surface area contributed by atoms with Gasteiger partial charge in [0.15, 0.2) is 0 Å². The molecule has 1 unspecified atom stereocenters. The molecule has 0 radical (unpaired) electrons. The molecule has 19 heavy (non-hydrogen) atoms. The molecule has 2 aliphatic rings. The van der Waals surface area contributed by atoms with Gasteiger partial charge in [-0.15, -0.1) is 0 Å². The van der Waals surface area contributed by atoms with Crippen molar-refractivity contribution in [3.63, 3.8) is 0 Å². The Morgan fingerprint density at radius 2 is 1.95 bits per heavy atom. The summed E-state index contributed by atoms with van der Waals surface area (Å²) >= 11 is 0. The highest BCUT2D eigenvalue weighted by Gasteiger charge is 2.25. The molecule has 2 saturated heterocycles. The van der Waals surface area contributed by atoms with Gasteiger partial charge in [0.05, 0.1) is 6.61 Å². The van der Waals surface area contributed by atoms with Gasteiger partial charge in [-0.05, 0) is 52.1 Å². The molecule has 2 rings (SSSR count). The number of likely N-dealkylation sites (tertiary alicyclic amines) is 1. The largest absolute Gasteiger partial charge is 0.450 e. The van der Waals surface area contributed by atoms with E-state index in [1.807, 2.05) is 11.8 Å². The predicted molar refractivity (Wildman–Crippen MR) is 75.3 cm³/mol. The number of ether oxygens (including phenoxy) is 1. The van der Waals surface area contributed by atoms with Crippen LogP contribution in [0.4, 0.5) is 4.79 Å². The quantitative estimate of drug-likeness (QED) is 0.812. The fraction of sp³-hybridized carbons (Fsp3) is 0.929. The van der Waals surface area contributed by atoms with Crippen LogP contribution < -0.4 is 10.6 Å². The summed E-state index contributed by atoms with van der Waals surface area (Å²) in [5, 5.41) is 7.21. The molecule has 2 heterocycles. The van der Waals surface area contributed by atoms with Crippen LogP contribution in [-0.4, -0.2) is 55.9 Å². The normalized spacial score (nSPS) is 25.9. The van der Waals surface area contributed by atoms with E-state index >= 15 is 0 Å². The first kappa shape index (κ1) is 14.6. The summed E-state index contributed by atoms with van der Waals surface area (Å²) in [6.45, 7) is 6.24. The topological polar surface area (TPSA) is 53.6 Å². The van der Waals surface area contributed by atoms with E-state index in [9.17, 15) is 4.79 Å². The zero-order valence-electron chi connectivity index (χ0n) is 12.0. The maximum atomic E-state index is 11.6. The Morgan fingerprint density at radius 3 is 2.68 bits per heavy atom. The van der Waals surface area contributed by atoms with Gasteiger partial charge in [0.25, 0.3) is 0 Å². The molecule has 110 valence electrons. The summed E-state index contributed by atoms with van der Waals surface area (Å²) in [5.74, 6) is 0. The second kappa shape index (κ2) is 7.70. The van der Waals surface area contributed by atoms with Crippen LogP contribution in [0.3, 0.4) is 0 Å². The minimum Gasteiger partial charge on any atom is -0.450 e. The number of amides is 1. The van der Waals surface area contributed by atoms with Crippen molar-refractivity contribution in [3.05, 3.63) is 0 Å². The Morgan fingerprint density at radius 1 is 1.21 bits per heavy atom. The Kier molecular flexibility index (Phi) is 5.92. The van der Waals surface area contributed by atoms with Crippen molar-refractivity contribution in [2.45, 2.75) is 51.1 Å². The lowest BCUT2D eigenvalue weighted by Gasteiger charge is -2.33. The van der Waals surface area contributed by atoms with Crippen molar-refractivity contribution in [2.24, 2.45) is 0 Å². The van der Waals surface area contributed by atoms with Gasteiger partial charge in [-0.2, -0.15) is 0 Å². The molecule has 2 fully saturated rings. The minimum atomic E-state index is -0.153. The van der Waals surface area contributed by atoms with Gasteiger partial charge >= 0.3 is 6.09 Å². The highest BCUT2D eigenvalue weighted by molar-refractivity contribution is 5.67. The smallest absolute Gasteiger partial charge is 0.409 e. The second-order valence-corrected chi connectivity index (χ2v) is 5.50. The van der Waals surface area contributed by atoms with E-state index in [1.165, 1.54) is 19.3 Å². The molecule has 1 amide bonds. The standard InChI is InChI=1S/C14H27N3O2/c1-2-19-14(18)17-10-6-13(7-11-17)16-12-4-3-8-15-9-5-12/h12-13,15-16H,2-11H2,1H3. The number of carbonyl (C=O) groups is 1. The average Bonchev–Trinajstić information content (AvgIpc) is 2.68. The van der Waals surface area contributed by atoms with Crippen molar-refractivity contribution >= 4 is 6.09 Å². The first-order valence-corrected chi connectivity index (χ1v) is 7.68. The maximum Gasteiger partial charge on any atom is 0.409 e. The Hall–Kier alpha value is -0.810. The molecule has 0 bridgehead atoms. The van der Waals surface area contributed by atoms with Crippen LogP contribution in [0, 0.1) is 0 Å². The number of rotatable bonds is 3. The average molecular weight is 269 g/mol. The van der Waals surface area contributed by atoms with Crippen LogP contribution in [0.5, 0.6) is 0 Å². The zero-order chi connectivity index (χ0) is 13.5. The summed E-state index contributed by atoms with van der Waals surface area (Å²) in [4.78, 5) is 13.4. The second-order valence-electron chi connectivity index (χ2n) is 5.50. The van der Waals surface area contributed by atoms with Gasteiger partial charge in [0.2, 0.25) is 0 Å². The monoisotopic (exact) mass is 269 g/mol. The number of carbonyl (C=O) groups excluding carboxylic acids is 1. The molecular weight excluding hydrogens is 242 g/mol. The summed E-state index contributed by atoms with van der Waals surface area (Å²) in [7, 11) is 0. The lowest BCUT2D eigenvalue weighted by atomic mass is 10.0. The van der Waals surface area contributed by atoms with Crippen LogP contribution in [0.25, 0.3) is 0 Å². The Labute approximate surface area is 116 Å². The van der Waals surface area contributed by atoms with E-state index in [2.05, 4.69) is 10.6 Å². The molecule has 5 nitrogen and oxygen atoms in total. The molecule has 0 aromatic heterocycles. The van der Waals surface area contributed by atoms with Crippen molar-refractivity contribution in [1.29, 1.82) is 0 Å². The Balaban J connectivity index is 1.69. The number of nitrogens with zero attached hydrogens (tertiary/aromatic N) is 1. The van der Waals surface area contributed by atoms with Crippen LogP contribution >= 0.6 is 0 Å². The first-order valence-electron chi connectivity index (χ1n) is 7.68. The van der Waals surface area contributed by atoms with E-state index in [1.54, 1.807) is 0 Å². The van der Waals surface area contributed by atoms with Crippen molar-refractivity contribution in [1.82, 2.24) is 15.5 Å². The molecule has 0 aliphatic carbocycles. The van der Waals surface area contributed by atoms with Gasteiger partial charge in [-0.3, -0.25) is 0 Å². The number of hydrogen-bond donors (Lipinski definition) is 2. The Bertz CT molecular complexity index is 270. The fourth-order valence-corrected chi connectivity index (χ4v) is 2.96. The summed E-state index contributed by atoms with van der Waals surface area (Å²) in [6, 6.07) is 1.21. The number of piperidine rings is 1. The summed E-state index contributed by atoms with van der Waals surface area (Å²) in [5.41, 5.74) is 0. The van der Waals surface area contributed by atoms with E-state index in [0.717, 1.165) is 39.0 Å². The van der Waals surface area contributed by atoms with Gasteiger partial charge in [0.1, 0.15) is 0 Å². The third kappa shape index (κ3) is 4.66. The molecule has 1 atom stereocenters. The molecule has 0 aromatic carbocycles. The number of nitrogens with one attached hydrogen (secondary N) is 2. The molecule has 0 spiro atoms. The molecule has 0 saturated carbocycles. The van der Waals surface area contributed by atoms with E-state index in [0.29, 0.717) is 18.7 Å². The summed E-state index contributed by atoms with van der Waals surface area (Å²) in [6.07, 6.45) is 5.69. The van der Waals surface area contributed by atoms with Gasteiger partial charge < -0.3 is 20.3 Å². The number of hydrogen-bond acceptors (Lipinski definition) is 4. The van der Waals surface area contributed by atoms with Crippen LogP contribution in [0.2, 0.25) is 0 Å². The van der Waals surface area contributed by atoms with Crippen LogP contribution in [-0.2, 0) is 4.74 Å². The SMILES string of the molecule is CCOC(=O)N1CCC(NC2CCCNCC2)CC1. The van der Waals surface area contributed by atoms with Crippen molar-refractivity contribution in [2.75, 3.05) is 32.8 Å². The molecule has 0 aromatic rings. The van der Waals surface area contributed by atoms with E-state index < -0.39 is 0 Å². The highest BCUT2D eigenvalue weighted by Crippen LogP contribution is 2.14. The van der Waals surface area contributed by atoms with Gasteiger partial charge in [0, 0.05) is 25.2 Å². The zero-order valence-corrected chi connectivity index (χ0v) is 12.0. The van der Waals surface area contributed by atoms with Crippen LogP contribution in [0.15, 0.2) is 0 Å². The predicted octanol–water partition coefficient (Wildman–Crippen LogP) is 1.34. The fourth-order valence-electron chi connectivity index (χ4n) is 2.96. The highest BCUT2D eigenvalue weighted by atomic mass is 16.6. The van der Waals surface area contributed by atoms with Crippen LogP contribution in [0.1, 0.15) is 39.0 Å². The molecule has 2 N–H and O–H groups in total. The van der Waals surface area contributed by atoms with E-state index in [4.69, 9.17) is 4.74 Å². The molecule has 2 aliphatic heterocycles. The first-order chi connectivity index (χ1) is 9.29. The lowest BCUT2D eigenvalue weighted by molar-refractivity contribution is 0.0940. The maximum absolute atomic E-state index is 11.6. The third-order valence-corrected chi connectivity index (χ3v) is 4.07. The molecule has 5 heteroatoms. The molecular formula is C14H27N3O2. The minimum absolute atomic E-state index is 0.153. The third-order valence-electron chi connectivity index (χ3n) is 4.07. The summed E-state index contributed by atoms with van der Waals surface area (Å²) < 4.78 is 5.04. The van der Waals surface area contributed by atoms with Gasteiger partial charge in [-0.25, -0.2) is 4.79 Å². The van der Waals surface area contributed by atoms with Gasteiger partial charge in [-0.1, -0.05) is 0 Å². The van der Waals surface area contributed by atoms with Crippen molar-refractivity contribution < 1.29 is 9.53 Å². The lowest BCUT2D eigenvalue weighted by Crippen LogP contribution is -2.48. The van der Waals surface area contributed by atoms with Crippen molar-refractivity contribution in [3.8, 4) is 0 Å². The van der Waals surface area contributed by atoms with E-state index in [-0.39, 0.29) is 6.09 Å².